The van der Waals surface area contributed by atoms with Crippen LogP contribution in [0.25, 0.3) is 0 Å². The van der Waals surface area contributed by atoms with Crippen molar-refractivity contribution in [2.45, 2.75) is 62.3 Å². The Bertz CT molecular complexity index is 560. The second-order valence-electron chi connectivity index (χ2n) is 7.31. The second-order valence-corrected chi connectivity index (χ2v) is 9.79. The Morgan fingerprint density at radius 1 is 1.12 bits per heavy atom. The quantitative estimate of drug-likeness (QED) is 0.659. The van der Waals surface area contributed by atoms with Crippen LogP contribution in [-0.2, 0) is 14.3 Å². The van der Waals surface area contributed by atoms with E-state index in [1.165, 1.54) is 0 Å². The molecule has 3 fully saturated rings. The highest BCUT2D eigenvalue weighted by molar-refractivity contribution is 8.00. The van der Waals surface area contributed by atoms with Crippen LogP contribution >= 0.6 is 23.5 Å². The highest BCUT2D eigenvalue weighted by Gasteiger charge is 2.40. The van der Waals surface area contributed by atoms with E-state index in [0.29, 0.717) is 17.7 Å². The fourth-order valence-corrected chi connectivity index (χ4v) is 6.44. The molecule has 146 valence electrons. The number of hydrogen-bond donors (Lipinski definition) is 3. The molecule has 1 saturated carbocycles. The molecule has 0 radical (unpaired) electrons. The van der Waals surface area contributed by atoms with Crippen LogP contribution in [0.1, 0.15) is 39.5 Å². The summed E-state index contributed by atoms with van der Waals surface area (Å²) >= 11 is 3.46. The van der Waals surface area contributed by atoms with E-state index in [4.69, 9.17) is 4.74 Å². The van der Waals surface area contributed by atoms with Crippen molar-refractivity contribution >= 4 is 41.4 Å². The summed E-state index contributed by atoms with van der Waals surface area (Å²) in [5.41, 5.74) is 0. The van der Waals surface area contributed by atoms with Crippen molar-refractivity contribution in [1.29, 1.82) is 0 Å². The molecule has 2 aliphatic heterocycles. The van der Waals surface area contributed by atoms with Gasteiger partial charge >= 0.3 is 6.09 Å². The van der Waals surface area contributed by atoms with Gasteiger partial charge in [0, 0.05) is 23.1 Å². The predicted octanol–water partition coefficient (Wildman–Crippen LogP) is 1.67. The van der Waals surface area contributed by atoms with Crippen LogP contribution in [0.4, 0.5) is 4.79 Å². The molecule has 3 aliphatic rings. The van der Waals surface area contributed by atoms with Gasteiger partial charge < -0.3 is 15.4 Å². The van der Waals surface area contributed by atoms with Gasteiger partial charge in [-0.05, 0) is 45.3 Å². The normalized spacial score (nSPS) is 33.6. The van der Waals surface area contributed by atoms with Gasteiger partial charge in [-0.1, -0.05) is 0 Å². The fraction of sp³-hybridized carbons (Fsp3) is 0.824. The lowest BCUT2D eigenvalue weighted by Gasteiger charge is -2.31. The van der Waals surface area contributed by atoms with E-state index in [1.54, 1.807) is 25.6 Å². The van der Waals surface area contributed by atoms with Crippen molar-refractivity contribution in [3.63, 3.8) is 0 Å². The third-order valence-corrected chi connectivity index (χ3v) is 7.65. The Balaban J connectivity index is 1.50. The number of carbonyl (C=O) groups excluding carboxylic acids is 3. The van der Waals surface area contributed by atoms with E-state index in [-0.39, 0.29) is 29.2 Å². The Morgan fingerprint density at radius 3 is 2.69 bits per heavy atom. The van der Waals surface area contributed by atoms with Crippen molar-refractivity contribution in [2.24, 2.45) is 11.8 Å². The van der Waals surface area contributed by atoms with E-state index in [0.717, 1.165) is 30.9 Å². The largest absolute Gasteiger partial charge is 0.447 e. The number of imide groups is 1. The molecule has 2 saturated heterocycles. The summed E-state index contributed by atoms with van der Waals surface area (Å²) in [5, 5.41) is 9.06. The van der Waals surface area contributed by atoms with Crippen LogP contribution in [0.2, 0.25) is 0 Å². The van der Waals surface area contributed by atoms with Crippen molar-refractivity contribution < 1.29 is 19.1 Å². The van der Waals surface area contributed by atoms with E-state index in [9.17, 15) is 14.4 Å². The van der Waals surface area contributed by atoms with Crippen LogP contribution in [0.5, 0.6) is 0 Å². The van der Waals surface area contributed by atoms with Crippen LogP contribution < -0.4 is 16.0 Å². The molecular weight excluding hydrogens is 374 g/mol. The molecule has 5 atom stereocenters. The summed E-state index contributed by atoms with van der Waals surface area (Å²) in [6, 6.07) is 0.537. The lowest BCUT2D eigenvalue weighted by molar-refractivity contribution is -0.127. The fourth-order valence-electron chi connectivity index (χ4n) is 3.74. The van der Waals surface area contributed by atoms with E-state index in [1.807, 2.05) is 11.8 Å². The van der Waals surface area contributed by atoms with Gasteiger partial charge in [-0.2, -0.15) is 0 Å². The Hall–Kier alpha value is -0.930. The predicted molar refractivity (Wildman–Crippen MR) is 103 cm³/mol. The van der Waals surface area contributed by atoms with E-state index >= 15 is 0 Å². The zero-order chi connectivity index (χ0) is 18.7. The monoisotopic (exact) mass is 401 g/mol. The highest BCUT2D eigenvalue weighted by atomic mass is 32.2. The maximum Gasteiger partial charge on any atom is 0.414 e. The number of rotatable bonds is 4. The maximum atomic E-state index is 12.7. The summed E-state index contributed by atoms with van der Waals surface area (Å²) < 4.78 is 4.96. The van der Waals surface area contributed by atoms with Crippen molar-refractivity contribution in [1.82, 2.24) is 16.0 Å². The third-order valence-electron chi connectivity index (χ3n) is 5.09. The van der Waals surface area contributed by atoms with E-state index in [2.05, 4.69) is 16.0 Å². The molecule has 0 aromatic carbocycles. The minimum absolute atomic E-state index is 0.0134. The zero-order valence-corrected chi connectivity index (χ0v) is 16.8. The molecule has 9 heteroatoms. The number of amides is 3. The van der Waals surface area contributed by atoms with Crippen molar-refractivity contribution in [3.8, 4) is 0 Å². The standard InChI is InChI=1S/C17H27N3O4S2/c1-9(2)24-17(23)20-15(22)11-5-6-25-16(11)19-14(21)10-3-4-12-13(7-10)26-8-18-12/h9-13,16,18H,3-8H2,1-2H3,(H,19,21)(H,20,22,23). The molecule has 3 N–H and O–H groups in total. The molecule has 0 bridgehead atoms. The summed E-state index contributed by atoms with van der Waals surface area (Å²) in [6.07, 6.45) is 2.44. The van der Waals surface area contributed by atoms with Crippen LogP contribution in [0, 0.1) is 11.8 Å². The van der Waals surface area contributed by atoms with Gasteiger partial charge in [0.15, 0.2) is 0 Å². The third kappa shape index (κ3) is 4.86. The van der Waals surface area contributed by atoms with Gasteiger partial charge in [0.2, 0.25) is 11.8 Å². The van der Waals surface area contributed by atoms with E-state index < -0.39 is 12.0 Å². The first-order valence-corrected chi connectivity index (χ1v) is 11.3. The molecule has 2 heterocycles. The zero-order valence-electron chi connectivity index (χ0n) is 15.2. The van der Waals surface area contributed by atoms with Gasteiger partial charge in [-0.3, -0.25) is 14.9 Å². The minimum Gasteiger partial charge on any atom is -0.447 e. The number of ether oxygens (including phenoxy) is 1. The number of fused-ring (bicyclic) bond motifs is 1. The van der Waals surface area contributed by atoms with Crippen LogP contribution in [-0.4, -0.2) is 52.3 Å². The number of thioether (sulfide) groups is 2. The summed E-state index contributed by atoms with van der Waals surface area (Å²) in [5.74, 6) is 1.04. The smallest absolute Gasteiger partial charge is 0.414 e. The minimum atomic E-state index is -0.726. The first-order chi connectivity index (χ1) is 12.4. The summed E-state index contributed by atoms with van der Waals surface area (Å²) in [4.78, 5) is 36.7. The molecule has 5 unspecified atom stereocenters. The van der Waals surface area contributed by atoms with Gasteiger partial charge in [0.25, 0.3) is 0 Å². The molecule has 0 aromatic rings. The number of hydrogen-bond acceptors (Lipinski definition) is 7. The Morgan fingerprint density at radius 2 is 1.92 bits per heavy atom. The van der Waals surface area contributed by atoms with Gasteiger partial charge in [-0.25, -0.2) is 4.79 Å². The lowest BCUT2D eigenvalue weighted by Crippen LogP contribution is -2.48. The number of carbonyl (C=O) groups is 3. The Labute approximate surface area is 162 Å². The van der Waals surface area contributed by atoms with Gasteiger partial charge in [0.05, 0.1) is 17.4 Å². The van der Waals surface area contributed by atoms with Gasteiger partial charge in [-0.15, -0.1) is 23.5 Å². The average Bonchev–Trinajstić information content (AvgIpc) is 3.21. The number of alkyl carbamates (subject to hydrolysis) is 1. The second kappa shape index (κ2) is 8.84. The first-order valence-electron chi connectivity index (χ1n) is 9.22. The SMILES string of the molecule is CC(C)OC(=O)NC(=O)C1CCSC1NC(=O)C1CCC2NCSC2C1. The molecule has 0 spiro atoms. The summed E-state index contributed by atoms with van der Waals surface area (Å²) in [6.45, 7) is 3.46. The van der Waals surface area contributed by atoms with Crippen molar-refractivity contribution in [3.05, 3.63) is 0 Å². The Kier molecular flexibility index (Phi) is 6.74. The topological polar surface area (TPSA) is 96.5 Å². The summed E-state index contributed by atoms with van der Waals surface area (Å²) in [7, 11) is 0. The van der Waals surface area contributed by atoms with Crippen molar-refractivity contribution in [2.75, 3.05) is 11.6 Å². The lowest BCUT2D eigenvalue weighted by atomic mass is 9.85. The molecule has 7 nitrogen and oxygen atoms in total. The maximum absolute atomic E-state index is 12.7. The molecular formula is C17H27N3O4S2. The van der Waals surface area contributed by atoms with Gasteiger partial charge in [0.1, 0.15) is 0 Å². The number of nitrogens with one attached hydrogen (secondary N) is 3. The molecule has 3 rings (SSSR count). The molecule has 0 aromatic heterocycles. The van der Waals surface area contributed by atoms with Crippen LogP contribution in [0.3, 0.4) is 0 Å². The molecule has 26 heavy (non-hydrogen) atoms. The first kappa shape index (κ1) is 19.8. The molecule has 1 aliphatic carbocycles. The van der Waals surface area contributed by atoms with Crippen LogP contribution in [0.15, 0.2) is 0 Å². The average molecular weight is 402 g/mol. The highest BCUT2D eigenvalue weighted by Crippen LogP contribution is 2.37. The molecule has 3 amide bonds.